The zero-order valence-electron chi connectivity index (χ0n) is 7.57. The molecule has 0 saturated carbocycles. The number of halogens is 1. The van der Waals surface area contributed by atoms with Crippen molar-refractivity contribution in [3.63, 3.8) is 0 Å². The number of rotatable bonds is 2. The summed E-state index contributed by atoms with van der Waals surface area (Å²) in [5.41, 5.74) is 1.31. The molecule has 0 atom stereocenters. The number of aromatic carboxylic acids is 1. The molecule has 2 aromatic rings. The first kappa shape index (κ1) is 9.73. The number of nitrogens with one attached hydrogen (secondary N) is 1. The van der Waals surface area contributed by atoms with Crippen molar-refractivity contribution >= 4 is 17.6 Å². The lowest BCUT2D eigenvalue weighted by atomic mass is 10.1. The molecule has 2 rings (SSSR count). The Kier molecular flexibility index (Phi) is 2.43. The van der Waals surface area contributed by atoms with E-state index in [0.29, 0.717) is 16.3 Å². The van der Waals surface area contributed by atoms with Gasteiger partial charge in [-0.3, -0.25) is 5.10 Å². The number of carboxylic acids is 1. The van der Waals surface area contributed by atoms with Crippen LogP contribution in [0.4, 0.5) is 0 Å². The standard InChI is InChI=1S/C10H7ClN2O2/c11-7-3-1-2-6(4-7)9-8(10(14)15)5-12-13-9/h1-5H,(H,12,13)(H,14,15). The summed E-state index contributed by atoms with van der Waals surface area (Å²) in [6.07, 6.45) is 1.28. The van der Waals surface area contributed by atoms with Crippen molar-refractivity contribution in [2.24, 2.45) is 0 Å². The van der Waals surface area contributed by atoms with E-state index in [1.807, 2.05) is 0 Å². The molecule has 15 heavy (non-hydrogen) atoms. The third-order valence-electron chi connectivity index (χ3n) is 1.98. The first-order valence-electron chi connectivity index (χ1n) is 4.21. The van der Waals surface area contributed by atoms with Crippen LogP contribution in [-0.2, 0) is 0 Å². The van der Waals surface area contributed by atoms with Crippen molar-refractivity contribution in [3.05, 3.63) is 41.0 Å². The summed E-state index contributed by atoms with van der Waals surface area (Å²) in [4.78, 5) is 10.8. The van der Waals surface area contributed by atoms with Crippen LogP contribution in [0.2, 0.25) is 5.02 Å². The fraction of sp³-hybridized carbons (Fsp3) is 0. The highest BCUT2D eigenvalue weighted by Gasteiger charge is 2.13. The van der Waals surface area contributed by atoms with Crippen LogP contribution >= 0.6 is 11.6 Å². The molecule has 0 unspecified atom stereocenters. The minimum Gasteiger partial charge on any atom is -0.478 e. The zero-order valence-corrected chi connectivity index (χ0v) is 8.32. The van der Waals surface area contributed by atoms with Gasteiger partial charge in [0.2, 0.25) is 0 Å². The van der Waals surface area contributed by atoms with Gasteiger partial charge in [-0.05, 0) is 12.1 Å². The van der Waals surface area contributed by atoms with Gasteiger partial charge in [0, 0.05) is 10.6 Å². The molecule has 0 aliphatic carbocycles. The summed E-state index contributed by atoms with van der Waals surface area (Å²) in [6, 6.07) is 6.93. The molecule has 0 radical (unpaired) electrons. The summed E-state index contributed by atoms with van der Waals surface area (Å²) >= 11 is 5.81. The molecule has 2 N–H and O–H groups in total. The van der Waals surface area contributed by atoms with Gasteiger partial charge in [0.1, 0.15) is 5.56 Å². The second kappa shape index (κ2) is 3.74. The van der Waals surface area contributed by atoms with Gasteiger partial charge < -0.3 is 5.11 Å². The molecular formula is C10H7ClN2O2. The minimum absolute atomic E-state index is 0.136. The highest BCUT2D eigenvalue weighted by molar-refractivity contribution is 6.30. The van der Waals surface area contributed by atoms with Crippen LogP contribution in [0.25, 0.3) is 11.3 Å². The maximum Gasteiger partial charge on any atom is 0.339 e. The zero-order chi connectivity index (χ0) is 10.8. The van der Waals surface area contributed by atoms with Gasteiger partial charge in [-0.25, -0.2) is 4.79 Å². The van der Waals surface area contributed by atoms with Crippen molar-refractivity contribution in [3.8, 4) is 11.3 Å². The van der Waals surface area contributed by atoms with Crippen molar-refractivity contribution < 1.29 is 9.90 Å². The molecule has 0 aliphatic rings. The summed E-state index contributed by atoms with van der Waals surface area (Å²) in [6.45, 7) is 0. The molecular weight excluding hydrogens is 216 g/mol. The highest BCUT2D eigenvalue weighted by Crippen LogP contribution is 2.23. The van der Waals surface area contributed by atoms with E-state index in [2.05, 4.69) is 10.2 Å². The summed E-state index contributed by atoms with van der Waals surface area (Å²) in [7, 11) is 0. The molecule has 0 fully saturated rings. The van der Waals surface area contributed by atoms with Gasteiger partial charge in [0.15, 0.2) is 0 Å². The smallest absolute Gasteiger partial charge is 0.339 e. The molecule has 0 amide bonds. The quantitative estimate of drug-likeness (QED) is 0.820. The van der Waals surface area contributed by atoms with Crippen molar-refractivity contribution in [1.82, 2.24) is 10.2 Å². The summed E-state index contributed by atoms with van der Waals surface area (Å²) in [5, 5.41) is 15.8. The lowest BCUT2D eigenvalue weighted by Crippen LogP contribution is -1.96. The topological polar surface area (TPSA) is 66.0 Å². The van der Waals surface area contributed by atoms with Crippen LogP contribution in [0.3, 0.4) is 0 Å². The molecule has 1 heterocycles. The third-order valence-corrected chi connectivity index (χ3v) is 2.22. The van der Waals surface area contributed by atoms with E-state index in [-0.39, 0.29) is 5.56 Å². The molecule has 5 heteroatoms. The van der Waals surface area contributed by atoms with E-state index in [9.17, 15) is 4.79 Å². The molecule has 0 saturated heterocycles. The molecule has 76 valence electrons. The molecule has 4 nitrogen and oxygen atoms in total. The monoisotopic (exact) mass is 222 g/mol. The van der Waals surface area contributed by atoms with Crippen LogP contribution in [-0.4, -0.2) is 21.3 Å². The number of aromatic nitrogens is 2. The molecule has 0 spiro atoms. The third kappa shape index (κ3) is 1.85. The van der Waals surface area contributed by atoms with Gasteiger partial charge >= 0.3 is 5.97 Å². The fourth-order valence-corrected chi connectivity index (χ4v) is 1.50. The van der Waals surface area contributed by atoms with E-state index in [1.54, 1.807) is 24.3 Å². The largest absolute Gasteiger partial charge is 0.478 e. The predicted molar refractivity (Wildman–Crippen MR) is 56.0 cm³/mol. The van der Waals surface area contributed by atoms with Crippen LogP contribution in [0, 0.1) is 0 Å². The molecule has 0 bridgehead atoms. The Labute approximate surface area is 90.5 Å². The van der Waals surface area contributed by atoms with Crippen molar-refractivity contribution in [1.29, 1.82) is 0 Å². The Morgan fingerprint density at radius 3 is 2.93 bits per heavy atom. The lowest BCUT2D eigenvalue weighted by Gasteiger charge is -1.99. The average Bonchev–Trinajstić information content (AvgIpc) is 2.65. The van der Waals surface area contributed by atoms with E-state index < -0.39 is 5.97 Å². The second-order valence-electron chi connectivity index (χ2n) is 2.97. The Morgan fingerprint density at radius 2 is 2.27 bits per heavy atom. The highest BCUT2D eigenvalue weighted by atomic mass is 35.5. The first-order chi connectivity index (χ1) is 7.18. The second-order valence-corrected chi connectivity index (χ2v) is 3.41. The van der Waals surface area contributed by atoms with E-state index in [4.69, 9.17) is 16.7 Å². The SMILES string of the molecule is O=C(O)c1cn[nH]c1-c1cccc(Cl)c1. The Balaban J connectivity index is 2.54. The molecule has 1 aromatic carbocycles. The van der Waals surface area contributed by atoms with Crippen LogP contribution < -0.4 is 0 Å². The first-order valence-corrected chi connectivity index (χ1v) is 4.59. The van der Waals surface area contributed by atoms with E-state index in [1.165, 1.54) is 6.20 Å². The van der Waals surface area contributed by atoms with Gasteiger partial charge in [-0.1, -0.05) is 23.7 Å². The number of carboxylic acid groups (broad SMARTS) is 1. The Bertz CT molecular complexity index is 508. The number of hydrogen-bond donors (Lipinski definition) is 2. The fourth-order valence-electron chi connectivity index (χ4n) is 1.31. The van der Waals surface area contributed by atoms with Gasteiger partial charge in [0.25, 0.3) is 0 Å². The van der Waals surface area contributed by atoms with Gasteiger partial charge in [0.05, 0.1) is 11.9 Å². The molecule has 1 aromatic heterocycles. The van der Waals surface area contributed by atoms with Crippen LogP contribution in [0.15, 0.2) is 30.5 Å². The lowest BCUT2D eigenvalue weighted by molar-refractivity contribution is 0.0698. The van der Waals surface area contributed by atoms with Crippen LogP contribution in [0.5, 0.6) is 0 Å². The minimum atomic E-state index is -1.02. The van der Waals surface area contributed by atoms with Crippen LogP contribution in [0.1, 0.15) is 10.4 Å². The average molecular weight is 223 g/mol. The van der Waals surface area contributed by atoms with Gasteiger partial charge in [-0.2, -0.15) is 5.10 Å². The van der Waals surface area contributed by atoms with E-state index >= 15 is 0 Å². The van der Waals surface area contributed by atoms with Crippen molar-refractivity contribution in [2.75, 3.05) is 0 Å². The number of hydrogen-bond acceptors (Lipinski definition) is 2. The van der Waals surface area contributed by atoms with Crippen molar-refractivity contribution in [2.45, 2.75) is 0 Å². The van der Waals surface area contributed by atoms with E-state index in [0.717, 1.165) is 0 Å². The summed E-state index contributed by atoms with van der Waals surface area (Å²) < 4.78 is 0. The molecule has 0 aliphatic heterocycles. The normalized spacial score (nSPS) is 10.2. The maximum absolute atomic E-state index is 10.8. The number of nitrogens with zero attached hydrogens (tertiary/aromatic N) is 1. The van der Waals surface area contributed by atoms with Gasteiger partial charge in [-0.15, -0.1) is 0 Å². The number of aromatic amines is 1. The maximum atomic E-state index is 10.8. The number of carbonyl (C=O) groups is 1. The Morgan fingerprint density at radius 1 is 1.47 bits per heavy atom. The Hall–Kier alpha value is -1.81. The number of benzene rings is 1. The number of H-pyrrole nitrogens is 1. The predicted octanol–water partition coefficient (Wildman–Crippen LogP) is 2.43. The summed E-state index contributed by atoms with van der Waals surface area (Å²) in [5.74, 6) is -1.02.